The molecule has 0 saturated heterocycles. The molecule has 0 atom stereocenters. The molecule has 3 rings (SSSR count). The standard InChI is InChI=1S/C19H15Cl2NO3/c1-25-19(24)14-11-22(17-5-3-2-4-13(14)17)18(23)9-7-12-6-8-15(20)16(21)10-12/h2-6,8,10-11H,7,9H2,1H3. The number of carbonyl (C=O) groups excluding carboxylic acids is 2. The highest BCUT2D eigenvalue weighted by atomic mass is 35.5. The first kappa shape index (κ1) is 17.5. The van der Waals surface area contributed by atoms with Crippen molar-refractivity contribution < 1.29 is 14.3 Å². The van der Waals surface area contributed by atoms with Gasteiger partial charge >= 0.3 is 5.97 Å². The fourth-order valence-electron chi connectivity index (χ4n) is 2.73. The van der Waals surface area contributed by atoms with Crippen molar-refractivity contribution in [3.63, 3.8) is 0 Å². The molecule has 0 unspecified atom stereocenters. The van der Waals surface area contributed by atoms with E-state index in [1.165, 1.54) is 17.9 Å². The summed E-state index contributed by atoms with van der Waals surface area (Å²) in [6, 6.07) is 12.6. The van der Waals surface area contributed by atoms with Gasteiger partial charge in [-0.1, -0.05) is 47.5 Å². The highest BCUT2D eigenvalue weighted by molar-refractivity contribution is 6.42. The SMILES string of the molecule is COC(=O)c1cn(C(=O)CCc2ccc(Cl)c(Cl)c2)c2ccccc12. The van der Waals surface area contributed by atoms with Gasteiger partial charge in [-0.3, -0.25) is 9.36 Å². The van der Waals surface area contributed by atoms with E-state index < -0.39 is 5.97 Å². The van der Waals surface area contributed by atoms with E-state index in [0.717, 1.165) is 5.56 Å². The highest BCUT2D eigenvalue weighted by Crippen LogP contribution is 2.25. The van der Waals surface area contributed by atoms with Crippen molar-refractivity contribution >= 4 is 46.0 Å². The molecule has 128 valence electrons. The van der Waals surface area contributed by atoms with Crippen LogP contribution in [0.4, 0.5) is 0 Å². The molecule has 0 N–H and O–H groups in total. The van der Waals surface area contributed by atoms with Crippen LogP contribution >= 0.6 is 23.2 Å². The highest BCUT2D eigenvalue weighted by Gasteiger charge is 2.18. The Bertz CT molecular complexity index is 962. The molecule has 0 aliphatic carbocycles. The molecule has 0 aliphatic heterocycles. The first-order valence-electron chi connectivity index (χ1n) is 7.67. The maximum Gasteiger partial charge on any atom is 0.340 e. The van der Waals surface area contributed by atoms with Crippen LogP contribution in [0.25, 0.3) is 10.9 Å². The Morgan fingerprint density at radius 3 is 2.56 bits per heavy atom. The molecule has 3 aromatic rings. The van der Waals surface area contributed by atoms with Gasteiger partial charge in [-0.15, -0.1) is 0 Å². The van der Waals surface area contributed by atoms with Crippen LogP contribution in [-0.2, 0) is 11.2 Å². The van der Waals surface area contributed by atoms with Gasteiger partial charge in [0.25, 0.3) is 0 Å². The van der Waals surface area contributed by atoms with Crippen LogP contribution in [0, 0.1) is 0 Å². The Morgan fingerprint density at radius 1 is 1.08 bits per heavy atom. The average molecular weight is 376 g/mol. The van der Waals surface area contributed by atoms with Crippen LogP contribution in [0.2, 0.25) is 10.0 Å². The first-order valence-corrected chi connectivity index (χ1v) is 8.42. The van der Waals surface area contributed by atoms with Gasteiger partial charge in [0.2, 0.25) is 5.91 Å². The number of aryl methyl sites for hydroxylation is 1. The lowest BCUT2D eigenvalue weighted by atomic mass is 10.1. The second kappa shape index (κ2) is 7.30. The predicted octanol–water partition coefficient (Wildman–Crippen LogP) is 5.01. The molecule has 1 heterocycles. The summed E-state index contributed by atoms with van der Waals surface area (Å²) in [5.74, 6) is -0.579. The summed E-state index contributed by atoms with van der Waals surface area (Å²) in [5, 5.41) is 1.64. The number of hydrogen-bond acceptors (Lipinski definition) is 3. The largest absolute Gasteiger partial charge is 0.465 e. The molecule has 0 spiro atoms. The lowest BCUT2D eigenvalue weighted by molar-refractivity contribution is 0.0603. The normalized spacial score (nSPS) is 10.8. The van der Waals surface area contributed by atoms with E-state index in [9.17, 15) is 9.59 Å². The fourth-order valence-corrected chi connectivity index (χ4v) is 3.05. The monoisotopic (exact) mass is 375 g/mol. The maximum atomic E-state index is 12.7. The van der Waals surface area contributed by atoms with Crippen molar-refractivity contribution in [2.45, 2.75) is 12.8 Å². The summed E-state index contributed by atoms with van der Waals surface area (Å²) in [6.07, 6.45) is 2.33. The molecule has 2 aromatic carbocycles. The van der Waals surface area contributed by atoms with Crippen molar-refractivity contribution in [2.75, 3.05) is 7.11 Å². The Labute approximate surface area is 154 Å². The van der Waals surface area contributed by atoms with E-state index in [2.05, 4.69) is 0 Å². The van der Waals surface area contributed by atoms with E-state index in [0.29, 0.717) is 32.9 Å². The van der Waals surface area contributed by atoms with Gasteiger partial charge < -0.3 is 4.74 Å². The Hall–Kier alpha value is -2.30. The van der Waals surface area contributed by atoms with Crippen LogP contribution in [0.1, 0.15) is 27.1 Å². The lowest BCUT2D eigenvalue weighted by Gasteiger charge is -2.05. The number of ether oxygens (including phenoxy) is 1. The average Bonchev–Trinajstić information content (AvgIpc) is 3.01. The molecular weight excluding hydrogens is 361 g/mol. The van der Waals surface area contributed by atoms with E-state index in [-0.39, 0.29) is 12.3 Å². The molecule has 0 bridgehead atoms. The second-order valence-corrected chi connectivity index (χ2v) is 6.38. The van der Waals surface area contributed by atoms with Gasteiger partial charge in [-0.05, 0) is 30.2 Å². The number of aromatic nitrogens is 1. The first-order chi connectivity index (χ1) is 12.0. The topological polar surface area (TPSA) is 48.3 Å². The third-order valence-corrected chi connectivity index (χ3v) is 4.74. The van der Waals surface area contributed by atoms with Crippen molar-refractivity contribution in [3.8, 4) is 0 Å². The molecule has 0 radical (unpaired) electrons. The molecule has 0 saturated carbocycles. The van der Waals surface area contributed by atoms with Crippen molar-refractivity contribution in [1.29, 1.82) is 0 Å². The summed E-state index contributed by atoms with van der Waals surface area (Å²) in [5.41, 5.74) is 1.98. The summed E-state index contributed by atoms with van der Waals surface area (Å²) in [4.78, 5) is 24.6. The minimum atomic E-state index is -0.466. The number of methoxy groups -OCH3 is 1. The minimum Gasteiger partial charge on any atom is -0.465 e. The van der Waals surface area contributed by atoms with Crippen LogP contribution in [0.15, 0.2) is 48.7 Å². The molecule has 1 aromatic heterocycles. The van der Waals surface area contributed by atoms with Gasteiger partial charge in [0.05, 0.1) is 28.2 Å². The van der Waals surface area contributed by atoms with Gasteiger partial charge in [-0.25, -0.2) is 4.79 Å². The lowest BCUT2D eigenvalue weighted by Crippen LogP contribution is -2.10. The number of halogens is 2. The number of benzene rings is 2. The smallest absolute Gasteiger partial charge is 0.340 e. The zero-order chi connectivity index (χ0) is 18.0. The Kier molecular flexibility index (Phi) is 5.11. The summed E-state index contributed by atoms with van der Waals surface area (Å²) in [6.45, 7) is 0. The van der Waals surface area contributed by atoms with Crippen molar-refractivity contribution in [3.05, 3.63) is 69.8 Å². The van der Waals surface area contributed by atoms with Crippen molar-refractivity contribution in [1.82, 2.24) is 4.57 Å². The summed E-state index contributed by atoms with van der Waals surface area (Å²) < 4.78 is 6.30. The van der Waals surface area contributed by atoms with E-state index in [1.54, 1.807) is 24.3 Å². The van der Waals surface area contributed by atoms with Crippen LogP contribution in [-0.4, -0.2) is 23.6 Å². The number of rotatable bonds is 4. The number of fused-ring (bicyclic) bond motifs is 1. The molecule has 0 fully saturated rings. The zero-order valence-corrected chi connectivity index (χ0v) is 15.0. The molecular formula is C19H15Cl2NO3. The number of esters is 1. The van der Waals surface area contributed by atoms with Gasteiger partial charge in [0.15, 0.2) is 0 Å². The third-order valence-electron chi connectivity index (χ3n) is 4.00. The van der Waals surface area contributed by atoms with Crippen molar-refractivity contribution in [2.24, 2.45) is 0 Å². The zero-order valence-electron chi connectivity index (χ0n) is 13.5. The minimum absolute atomic E-state index is 0.113. The Balaban J connectivity index is 1.87. The number of carbonyl (C=O) groups is 2. The predicted molar refractivity (Wildman–Crippen MR) is 98.7 cm³/mol. The molecule has 25 heavy (non-hydrogen) atoms. The van der Waals surface area contributed by atoms with Gasteiger partial charge in [0, 0.05) is 18.0 Å². The Morgan fingerprint density at radius 2 is 1.84 bits per heavy atom. The van der Waals surface area contributed by atoms with Crippen LogP contribution in [0.5, 0.6) is 0 Å². The number of nitrogens with zero attached hydrogens (tertiary/aromatic N) is 1. The van der Waals surface area contributed by atoms with Gasteiger partial charge in [0.1, 0.15) is 0 Å². The second-order valence-electron chi connectivity index (χ2n) is 5.56. The van der Waals surface area contributed by atoms with E-state index in [4.69, 9.17) is 27.9 Å². The third kappa shape index (κ3) is 3.55. The number of para-hydroxylation sites is 1. The quantitative estimate of drug-likeness (QED) is 0.602. The summed E-state index contributed by atoms with van der Waals surface area (Å²) >= 11 is 11.9. The number of hydrogen-bond donors (Lipinski definition) is 0. The molecule has 0 amide bonds. The van der Waals surface area contributed by atoms with Crippen LogP contribution in [0.3, 0.4) is 0 Å². The fraction of sp³-hybridized carbons (Fsp3) is 0.158. The molecule has 4 nitrogen and oxygen atoms in total. The molecule has 0 aliphatic rings. The van der Waals surface area contributed by atoms with E-state index in [1.807, 2.05) is 18.2 Å². The summed E-state index contributed by atoms with van der Waals surface area (Å²) in [7, 11) is 1.32. The van der Waals surface area contributed by atoms with E-state index >= 15 is 0 Å². The maximum absolute atomic E-state index is 12.7. The van der Waals surface area contributed by atoms with Gasteiger partial charge in [-0.2, -0.15) is 0 Å². The molecule has 6 heteroatoms. The van der Waals surface area contributed by atoms with Crippen LogP contribution < -0.4 is 0 Å².